The van der Waals surface area contributed by atoms with Crippen LogP contribution in [-0.2, 0) is 19.4 Å². The maximum absolute atomic E-state index is 10.6. The van der Waals surface area contributed by atoms with Gasteiger partial charge in [-0.3, -0.25) is 4.68 Å². The first-order valence-electron chi connectivity index (χ1n) is 7.98. The maximum Gasteiger partial charge on any atom is 0.0850 e. The lowest BCUT2D eigenvalue weighted by molar-refractivity contribution is 0.0704. The summed E-state index contributed by atoms with van der Waals surface area (Å²) in [5.74, 6) is 1.15. The van der Waals surface area contributed by atoms with Crippen molar-refractivity contribution in [1.29, 1.82) is 0 Å². The number of nitrogens with zero attached hydrogens (tertiary/aromatic N) is 2. The molecule has 0 aromatic carbocycles. The molecular formula is C16H27ClN2O. The molecular weight excluding hydrogens is 272 g/mol. The Labute approximate surface area is 127 Å². The van der Waals surface area contributed by atoms with Gasteiger partial charge < -0.3 is 5.11 Å². The molecule has 3 unspecified atom stereocenters. The predicted octanol–water partition coefficient (Wildman–Crippen LogP) is 3.85. The van der Waals surface area contributed by atoms with Crippen molar-refractivity contribution in [3.8, 4) is 0 Å². The molecule has 2 rings (SSSR count). The van der Waals surface area contributed by atoms with Crippen molar-refractivity contribution >= 4 is 11.6 Å². The second-order valence-corrected chi connectivity index (χ2v) is 6.56. The normalized spacial score (nSPS) is 24.9. The minimum absolute atomic E-state index is 0.290. The van der Waals surface area contributed by atoms with E-state index in [4.69, 9.17) is 11.6 Å². The van der Waals surface area contributed by atoms with E-state index in [0.717, 1.165) is 48.1 Å². The fourth-order valence-corrected chi connectivity index (χ4v) is 3.75. The lowest BCUT2D eigenvalue weighted by atomic mass is 9.78. The van der Waals surface area contributed by atoms with E-state index in [9.17, 15) is 5.11 Å². The van der Waals surface area contributed by atoms with Crippen LogP contribution >= 0.6 is 11.6 Å². The minimum Gasteiger partial charge on any atom is -0.392 e. The lowest BCUT2D eigenvalue weighted by Gasteiger charge is -2.30. The second-order valence-electron chi connectivity index (χ2n) is 6.18. The number of rotatable bonds is 5. The molecule has 0 saturated heterocycles. The average molecular weight is 299 g/mol. The highest BCUT2D eigenvalue weighted by molar-refractivity contribution is 6.31. The number of hydrogen-bond donors (Lipinski definition) is 1. The van der Waals surface area contributed by atoms with Crippen molar-refractivity contribution in [3.63, 3.8) is 0 Å². The largest absolute Gasteiger partial charge is 0.392 e. The van der Waals surface area contributed by atoms with Crippen LogP contribution in [0, 0.1) is 11.8 Å². The molecule has 0 aliphatic heterocycles. The van der Waals surface area contributed by atoms with Crippen molar-refractivity contribution in [2.24, 2.45) is 11.8 Å². The standard InChI is InChI=1S/C16H27ClN2O/c1-4-13-16(17)14(19(5-2)18-13)10-15(20)12-8-6-7-11(3)9-12/h11-12,15,20H,4-10H2,1-3H3. The molecule has 4 heteroatoms. The summed E-state index contributed by atoms with van der Waals surface area (Å²) in [5.41, 5.74) is 1.96. The molecule has 1 aromatic rings. The topological polar surface area (TPSA) is 38.0 Å². The first-order valence-corrected chi connectivity index (χ1v) is 8.36. The van der Waals surface area contributed by atoms with Gasteiger partial charge in [0.25, 0.3) is 0 Å². The van der Waals surface area contributed by atoms with E-state index in [1.165, 1.54) is 12.8 Å². The van der Waals surface area contributed by atoms with Crippen LogP contribution in [0.2, 0.25) is 5.02 Å². The molecule has 1 saturated carbocycles. The fourth-order valence-electron chi connectivity index (χ4n) is 3.41. The molecule has 3 atom stereocenters. The number of halogens is 1. The van der Waals surface area contributed by atoms with Crippen LogP contribution in [0.5, 0.6) is 0 Å². The number of hydrogen-bond acceptors (Lipinski definition) is 2. The van der Waals surface area contributed by atoms with E-state index >= 15 is 0 Å². The van der Waals surface area contributed by atoms with Gasteiger partial charge in [-0.1, -0.05) is 38.3 Å². The minimum atomic E-state index is -0.290. The van der Waals surface area contributed by atoms with Gasteiger partial charge in [0, 0.05) is 13.0 Å². The van der Waals surface area contributed by atoms with Crippen molar-refractivity contribution in [2.45, 2.75) is 71.9 Å². The van der Waals surface area contributed by atoms with E-state index < -0.39 is 0 Å². The third-order valence-corrected chi connectivity index (χ3v) is 5.05. The summed E-state index contributed by atoms with van der Waals surface area (Å²) in [6.45, 7) is 7.23. The molecule has 1 aromatic heterocycles. The molecule has 1 fully saturated rings. The zero-order chi connectivity index (χ0) is 14.7. The van der Waals surface area contributed by atoms with Gasteiger partial charge in [0.1, 0.15) is 0 Å². The molecule has 1 heterocycles. The van der Waals surface area contributed by atoms with Gasteiger partial charge in [0.05, 0.1) is 22.5 Å². The summed E-state index contributed by atoms with van der Waals surface area (Å²) in [6, 6.07) is 0. The molecule has 1 aliphatic rings. The Bertz CT molecular complexity index is 444. The zero-order valence-electron chi connectivity index (χ0n) is 12.9. The fraction of sp³-hybridized carbons (Fsp3) is 0.812. The van der Waals surface area contributed by atoms with Gasteiger partial charge >= 0.3 is 0 Å². The molecule has 20 heavy (non-hydrogen) atoms. The number of aliphatic hydroxyl groups excluding tert-OH is 1. The van der Waals surface area contributed by atoms with Gasteiger partial charge in [-0.2, -0.15) is 5.10 Å². The highest BCUT2D eigenvalue weighted by Gasteiger charge is 2.27. The van der Waals surface area contributed by atoms with Crippen LogP contribution in [0.15, 0.2) is 0 Å². The molecule has 0 radical (unpaired) electrons. The molecule has 1 N–H and O–H groups in total. The van der Waals surface area contributed by atoms with Crippen molar-refractivity contribution in [1.82, 2.24) is 9.78 Å². The van der Waals surface area contributed by atoms with E-state index in [0.29, 0.717) is 12.3 Å². The van der Waals surface area contributed by atoms with Crippen LogP contribution in [0.25, 0.3) is 0 Å². The first kappa shape index (κ1) is 15.8. The average Bonchev–Trinajstić information content (AvgIpc) is 2.75. The molecule has 1 aliphatic carbocycles. The SMILES string of the molecule is CCc1nn(CC)c(CC(O)C2CCCC(C)C2)c1Cl. The zero-order valence-corrected chi connectivity index (χ0v) is 13.7. The molecule has 0 spiro atoms. The van der Waals surface area contributed by atoms with E-state index in [1.807, 2.05) is 4.68 Å². The Morgan fingerprint density at radius 1 is 1.40 bits per heavy atom. The van der Waals surface area contributed by atoms with Gasteiger partial charge in [0.2, 0.25) is 0 Å². The number of aryl methyl sites for hydroxylation is 2. The third kappa shape index (κ3) is 3.37. The Hall–Kier alpha value is -0.540. The molecule has 114 valence electrons. The highest BCUT2D eigenvalue weighted by Crippen LogP contribution is 2.33. The van der Waals surface area contributed by atoms with Crippen molar-refractivity contribution < 1.29 is 5.11 Å². The van der Waals surface area contributed by atoms with Crippen molar-refractivity contribution in [2.75, 3.05) is 0 Å². The highest BCUT2D eigenvalue weighted by atomic mass is 35.5. The second kappa shape index (κ2) is 6.95. The smallest absolute Gasteiger partial charge is 0.0850 e. The van der Waals surface area contributed by atoms with Gasteiger partial charge in [-0.05, 0) is 38.0 Å². The van der Waals surface area contributed by atoms with E-state index in [1.54, 1.807) is 0 Å². The summed E-state index contributed by atoms with van der Waals surface area (Å²) < 4.78 is 1.96. The Morgan fingerprint density at radius 2 is 2.15 bits per heavy atom. The van der Waals surface area contributed by atoms with Gasteiger partial charge in [-0.15, -0.1) is 0 Å². The number of aliphatic hydroxyl groups is 1. The number of aromatic nitrogens is 2. The van der Waals surface area contributed by atoms with E-state index in [2.05, 4.69) is 25.9 Å². The predicted molar refractivity (Wildman–Crippen MR) is 83.1 cm³/mol. The first-order chi connectivity index (χ1) is 9.56. The quantitative estimate of drug-likeness (QED) is 0.896. The lowest BCUT2D eigenvalue weighted by Crippen LogP contribution is -2.28. The maximum atomic E-state index is 10.6. The van der Waals surface area contributed by atoms with Crippen LogP contribution < -0.4 is 0 Å². The van der Waals surface area contributed by atoms with Gasteiger partial charge in [0.15, 0.2) is 0 Å². The van der Waals surface area contributed by atoms with Crippen LogP contribution in [0.3, 0.4) is 0 Å². The summed E-state index contributed by atoms with van der Waals surface area (Å²) in [7, 11) is 0. The van der Waals surface area contributed by atoms with Crippen LogP contribution in [0.4, 0.5) is 0 Å². The summed E-state index contributed by atoms with van der Waals surface area (Å²) in [5, 5.41) is 15.9. The molecule has 0 bridgehead atoms. The Kier molecular flexibility index (Phi) is 5.50. The Morgan fingerprint density at radius 3 is 2.75 bits per heavy atom. The summed E-state index contributed by atoms with van der Waals surface area (Å²) >= 11 is 6.43. The molecule has 3 nitrogen and oxygen atoms in total. The Balaban J connectivity index is 2.10. The van der Waals surface area contributed by atoms with Crippen molar-refractivity contribution in [3.05, 3.63) is 16.4 Å². The van der Waals surface area contributed by atoms with Gasteiger partial charge in [-0.25, -0.2) is 0 Å². The summed E-state index contributed by atoms with van der Waals surface area (Å²) in [6.07, 6.45) is 6.01. The monoisotopic (exact) mass is 298 g/mol. The van der Waals surface area contributed by atoms with E-state index in [-0.39, 0.29) is 6.10 Å². The van der Waals surface area contributed by atoms with Crippen LogP contribution in [0.1, 0.15) is 57.8 Å². The molecule has 0 amide bonds. The third-order valence-electron chi connectivity index (χ3n) is 4.62. The summed E-state index contributed by atoms with van der Waals surface area (Å²) in [4.78, 5) is 0. The van der Waals surface area contributed by atoms with Crippen LogP contribution in [-0.4, -0.2) is 21.0 Å².